The molecular weight excluding hydrogens is 248 g/mol. The Morgan fingerprint density at radius 3 is 2.74 bits per heavy atom. The third-order valence-electron chi connectivity index (χ3n) is 3.58. The van der Waals surface area contributed by atoms with Crippen molar-refractivity contribution in [1.29, 1.82) is 0 Å². The van der Waals surface area contributed by atoms with Gasteiger partial charge in [0, 0.05) is 12.6 Å². The van der Waals surface area contributed by atoms with Gasteiger partial charge in [-0.3, -0.25) is 4.79 Å². The van der Waals surface area contributed by atoms with Crippen LogP contribution in [0.2, 0.25) is 0 Å². The number of amides is 1. The molecule has 0 bridgehead atoms. The molecule has 1 aromatic heterocycles. The van der Waals surface area contributed by atoms with E-state index in [1.807, 2.05) is 19.0 Å². The molecule has 1 aliphatic heterocycles. The fourth-order valence-corrected chi connectivity index (χ4v) is 2.43. The number of piperidine rings is 1. The summed E-state index contributed by atoms with van der Waals surface area (Å²) in [5.74, 6) is -1.13. The van der Waals surface area contributed by atoms with Gasteiger partial charge in [0.15, 0.2) is 5.76 Å². The molecule has 0 spiro atoms. The summed E-state index contributed by atoms with van der Waals surface area (Å²) in [6.07, 6.45) is 2.62. The summed E-state index contributed by atoms with van der Waals surface area (Å²) in [6.45, 7) is 0.430. The van der Waals surface area contributed by atoms with E-state index in [0.29, 0.717) is 13.0 Å². The lowest BCUT2D eigenvalue weighted by Gasteiger charge is -2.39. The topological polar surface area (TPSA) is 74.0 Å². The predicted molar refractivity (Wildman–Crippen MR) is 67.9 cm³/mol. The third kappa shape index (κ3) is 2.78. The number of nitrogens with zero attached hydrogens (tertiary/aromatic N) is 2. The summed E-state index contributed by atoms with van der Waals surface area (Å²) < 4.78 is 5.06. The number of furan rings is 1. The Hall–Kier alpha value is -1.82. The molecule has 2 unspecified atom stereocenters. The summed E-state index contributed by atoms with van der Waals surface area (Å²) in [6, 6.07) is 2.56. The minimum absolute atomic E-state index is 0.182. The molecule has 6 heteroatoms. The van der Waals surface area contributed by atoms with Gasteiger partial charge in [-0.1, -0.05) is 0 Å². The van der Waals surface area contributed by atoms with Crippen LogP contribution in [0.3, 0.4) is 0 Å². The fourth-order valence-electron chi connectivity index (χ4n) is 2.43. The maximum Gasteiger partial charge on any atom is 0.326 e. The number of carbonyl (C=O) groups excluding carboxylic acids is 1. The maximum absolute atomic E-state index is 12.2. The van der Waals surface area contributed by atoms with Gasteiger partial charge in [-0.25, -0.2) is 4.79 Å². The molecule has 104 valence electrons. The smallest absolute Gasteiger partial charge is 0.326 e. The molecule has 2 rings (SSSR count). The summed E-state index contributed by atoms with van der Waals surface area (Å²) in [7, 11) is 3.85. The second-order valence-corrected chi connectivity index (χ2v) is 4.97. The predicted octanol–water partition coefficient (Wildman–Crippen LogP) is 0.899. The number of aliphatic carboxylic acids is 1. The molecule has 1 fully saturated rings. The Balaban J connectivity index is 2.16. The van der Waals surface area contributed by atoms with Gasteiger partial charge in [0.05, 0.1) is 6.26 Å². The molecule has 0 aliphatic carbocycles. The highest BCUT2D eigenvalue weighted by Gasteiger charge is 2.37. The zero-order chi connectivity index (χ0) is 14.0. The SMILES string of the molecule is CN(C)C1CCN(C(=O)c2ccco2)C(C(=O)O)C1. The van der Waals surface area contributed by atoms with Gasteiger partial charge in [-0.05, 0) is 39.1 Å². The average molecular weight is 266 g/mol. The molecule has 0 saturated carbocycles. The van der Waals surface area contributed by atoms with Crippen molar-refractivity contribution in [3.8, 4) is 0 Å². The quantitative estimate of drug-likeness (QED) is 0.879. The summed E-state index contributed by atoms with van der Waals surface area (Å²) in [5, 5.41) is 9.31. The largest absolute Gasteiger partial charge is 0.480 e. The Kier molecular flexibility index (Phi) is 3.90. The standard InChI is InChI=1S/C13H18N2O4/c1-14(2)9-5-6-15(10(8-9)13(17)18)12(16)11-4-3-7-19-11/h3-4,7,9-10H,5-6,8H2,1-2H3,(H,17,18). The van der Waals surface area contributed by atoms with Crippen LogP contribution in [0.15, 0.2) is 22.8 Å². The number of carbonyl (C=O) groups is 2. The zero-order valence-electron chi connectivity index (χ0n) is 11.1. The summed E-state index contributed by atoms with van der Waals surface area (Å²) in [5.41, 5.74) is 0. The van der Waals surface area contributed by atoms with Crippen molar-refractivity contribution >= 4 is 11.9 Å². The van der Waals surface area contributed by atoms with Crippen molar-refractivity contribution in [2.75, 3.05) is 20.6 Å². The highest BCUT2D eigenvalue weighted by atomic mass is 16.4. The van der Waals surface area contributed by atoms with Crippen molar-refractivity contribution in [2.24, 2.45) is 0 Å². The Labute approximate surface area is 111 Å². The van der Waals surface area contributed by atoms with E-state index in [2.05, 4.69) is 0 Å². The molecule has 1 aliphatic rings. The Bertz CT molecular complexity index is 455. The summed E-state index contributed by atoms with van der Waals surface area (Å²) in [4.78, 5) is 27.0. The Morgan fingerprint density at radius 2 is 2.21 bits per heavy atom. The van der Waals surface area contributed by atoms with Crippen molar-refractivity contribution in [3.63, 3.8) is 0 Å². The number of rotatable bonds is 3. The fraction of sp³-hybridized carbons (Fsp3) is 0.538. The van der Waals surface area contributed by atoms with Crippen LogP contribution in [0, 0.1) is 0 Å². The van der Waals surface area contributed by atoms with Crippen LogP contribution >= 0.6 is 0 Å². The third-order valence-corrected chi connectivity index (χ3v) is 3.58. The van der Waals surface area contributed by atoms with Crippen LogP contribution in [-0.4, -0.2) is 59.5 Å². The first-order valence-corrected chi connectivity index (χ1v) is 6.24. The molecule has 1 aromatic rings. The van der Waals surface area contributed by atoms with Crippen LogP contribution in [0.25, 0.3) is 0 Å². The molecule has 2 atom stereocenters. The van der Waals surface area contributed by atoms with Crippen molar-refractivity contribution in [1.82, 2.24) is 9.80 Å². The van der Waals surface area contributed by atoms with E-state index in [9.17, 15) is 14.7 Å². The van der Waals surface area contributed by atoms with Gasteiger partial charge in [-0.2, -0.15) is 0 Å². The van der Waals surface area contributed by atoms with E-state index in [-0.39, 0.29) is 17.7 Å². The first-order valence-electron chi connectivity index (χ1n) is 6.24. The lowest BCUT2D eigenvalue weighted by Crippen LogP contribution is -2.53. The Morgan fingerprint density at radius 1 is 1.47 bits per heavy atom. The van der Waals surface area contributed by atoms with Gasteiger partial charge in [0.1, 0.15) is 6.04 Å². The number of likely N-dealkylation sites (tertiary alicyclic amines) is 1. The van der Waals surface area contributed by atoms with Crippen molar-refractivity contribution in [3.05, 3.63) is 24.2 Å². The first-order chi connectivity index (χ1) is 9.00. The zero-order valence-corrected chi connectivity index (χ0v) is 11.1. The number of hydrogen-bond acceptors (Lipinski definition) is 4. The molecule has 1 saturated heterocycles. The minimum Gasteiger partial charge on any atom is -0.480 e. The van der Waals surface area contributed by atoms with Gasteiger partial charge in [-0.15, -0.1) is 0 Å². The molecule has 0 radical (unpaired) electrons. The number of carboxylic acids is 1. The summed E-state index contributed by atoms with van der Waals surface area (Å²) >= 11 is 0. The van der Waals surface area contributed by atoms with E-state index >= 15 is 0 Å². The van der Waals surface area contributed by atoms with Gasteiger partial charge in [0.25, 0.3) is 5.91 Å². The molecule has 2 heterocycles. The molecule has 1 amide bonds. The van der Waals surface area contributed by atoms with E-state index in [4.69, 9.17) is 4.42 Å². The maximum atomic E-state index is 12.2. The van der Waals surface area contributed by atoms with Crippen LogP contribution < -0.4 is 0 Å². The van der Waals surface area contributed by atoms with Crippen LogP contribution in [0.1, 0.15) is 23.4 Å². The van der Waals surface area contributed by atoms with Crippen molar-refractivity contribution < 1.29 is 19.1 Å². The highest BCUT2D eigenvalue weighted by Crippen LogP contribution is 2.23. The van der Waals surface area contributed by atoms with E-state index in [1.165, 1.54) is 11.2 Å². The lowest BCUT2D eigenvalue weighted by molar-refractivity contribution is -0.144. The van der Waals surface area contributed by atoms with Gasteiger partial charge >= 0.3 is 5.97 Å². The van der Waals surface area contributed by atoms with E-state index in [0.717, 1.165) is 6.42 Å². The van der Waals surface area contributed by atoms with Crippen LogP contribution in [-0.2, 0) is 4.79 Å². The second kappa shape index (κ2) is 5.44. The first kappa shape index (κ1) is 13.6. The van der Waals surface area contributed by atoms with E-state index in [1.54, 1.807) is 12.1 Å². The van der Waals surface area contributed by atoms with Gasteiger partial charge in [0.2, 0.25) is 0 Å². The van der Waals surface area contributed by atoms with Crippen LogP contribution in [0.4, 0.5) is 0 Å². The molecule has 19 heavy (non-hydrogen) atoms. The minimum atomic E-state index is -0.966. The molecule has 0 aromatic carbocycles. The monoisotopic (exact) mass is 266 g/mol. The molecule has 6 nitrogen and oxygen atoms in total. The second-order valence-electron chi connectivity index (χ2n) is 4.97. The van der Waals surface area contributed by atoms with Crippen LogP contribution in [0.5, 0.6) is 0 Å². The lowest BCUT2D eigenvalue weighted by atomic mass is 9.96. The van der Waals surface area contributed by atoms with Gasteiger partial charge < -0.3 is 19.3 Å². The average Bonchev–Trinajstić information content (AvgIpc) is 2.90. The highest BCUT2D eigenvalue weighted by molar-refractivity contribution is 5.94. The molecule has 1 N–H and O–H groups in total. The molecular formula is C13H18N2O4. The normalized spacial score (nSPS) is 23.6. The number of hydrogen-bond donors (Lipinski definition) is 1. The van der Waals surface area contributed by atoms with Crippen molar-refractivity contribution in [2.45, 2.75) is 24.9 Å². The van der Waals surface area contributed by atoms with E-state index < -0.39 is 12.0 Å². The number of carboxylic acid groups (broad SMARTS) is 1.